The van der Waals surface area contributed by atoms with Gasteiger partial charge in [0, 0.05) is 31.4 Å². The van der Waals surface area contributed by atoms with Gasteiger partial charge in [-0.1, -0.05) is 19.3 Å². The van der Waals surface area contributed by atoms with Gasteiger partial charge in [-0.3, -0.25) is 9.69 Å². The minimum Gasteiger partial charge on any atom is -0.474 e. The number of likely N-dealkylation sites (tertiary alicyclic amines) is 1. The Kier molecular flexibility index (Phi) is 6.35. The molecule has 2 saturated carbocycles. The minimum atomic E-state index is 0.136. The number of hydrogen-bond donors (Lipinski definition) is 1. The SMILES string of the molecule is Cc1c(C)n(C2CCCCC2)c2ncnc(OC3CCN(CC(=O)NCC4CC4)CC3)c12. The minimum absolute atomic E-state index is 0.136. The van der Waals surface area contributed by atoms with Crippen molar-refractivity contribution in [3.05, 3.63) is 17.6 Å². The first kappa shape index (κ1) is 21.7. The summed E-state index contributed by atoms with van der Waals surface area (Å²) >= 11 is 0. The van der Waals surface area contributed by atoms with Crippen LogP contribution in [0.5, 0.6) is 5.88 Å². The summed E-state index contributed by atoms with van der Waals surface area (Å²) in [5, 5.41) is 4.15. The predicted octanol–water partition coefficient (Wildman–Crippen LogP) is 3.92. The molecule has 0 atom stereocenters. The highest BCUT2D eigenvalue weighted by molar-refractivity contribution is 5.86. The van der Waals surface area contributed by atoms with E-state index in [1.165, 1.54) is 56.2 Å². The number of rotatable bonds is 7. The lowest BCUT2D eigenvalue weighted by Crippen LogP contribution is -2.44. The number of aromatic nitrogens is 3. The van der Waals surface area contributed by atoms with Gasteiger partial charge < -0.3 is 14.6 Å². The fourth-order valence-corrected chi connectivity index (χ4v) is 5.45. The van der Waals surface area contributed by atoms with Crippen LogP contribution in [0, 0.1) is 19.8 Å². The smallest absolute Gasteiger partial charge is 0.234 e. The maximum absolute atomic E-state index is 12.2. The summed E-state index contributed by atoms with van der Waals surface area (Å²) in [5.41, 5.74) is 3.57. The number of amides is 1. The number of ether oxygens (including phenoxy) is 1. The molecule has 3 heterocycles. The zero-order valence-electron chi connectivity index (χ0n) is 19.6. The highest BCUT2D eigenvalue weighted by Gasteiger charge is 2.27. The normalized spacial score (nSPS) is 21.2. The van der Waals surface area contributed by atoms with Gasteiger partial charge in [0.1, 0.15) is 18.1 Å². The summed E-state index contributed by atoms with van der Waals surface area (Å²) in [5.74, 6) is 1.61. The van der Waals surface area contributed by atoms with E-state index in [4.69, 9.17) is 4.74 Å². The quantitative estimate of drug-likeness (QED) is 0.708. The lowest BCUT2D eigenvalue weighted by molar-refractivity contribution is -0.122. The molecule has 1 saturated heterocycles. The van der Waals surface area contributed by atoms with Crippen LogP contribution >= 0.6 is 0 Å². The summed E-state index contributed by atoms with van der Waals surface area (Å²) in [4.78, 5) is 23.6. The standard InChI is InChI=1S/C25H37N5O2/c1-17-18(2)30(20-6-4-3-5-7-20)24-23(17)25(28-16-27-24)32-21-10-12-29(13-11-21)15-22(31)26-14-19-8-9-19/h16,19-21H,3-15H2,1-2H3,(H,26,31). The Balaban J connectivity index is 1.23. The third kappa shape index (κ3) is 4.63. The van der Waals surface area contributed by atoms with Gasteiger partial charge in [-0.05, 0) is 63.9 Å². The van der Waals surface area contributed by atoms with Crippen LogP contribution in [0.3, 0.4) is 0 Å². The van der Waals surface area contributed by atoms with E-state index in [1.54, 1.807) is 6.33 Å². The van der Waals surface area contributed by atoms with Crippen molar-refractivity contribution in [1.29, 1.82) is 0 Å². The van der Waals surface area contributed by atoms with Crippen molar-refractivity contribution in [2.45, 2.75) is 83.8 Å². The van der Waals surface area contributed by atoms with Gasteiger partial charge >= 0.3 is 0 Å². The number of piperidine rings is 1. The van der Waals surface area contributed by atoms with E-state index >= 15 is 0 Å². The molecule has 174 valence electrons. The van der Waals surface area contributed by atoms with Gasteiger partial charge in [0.15, 0.2) is 0 Å². The highest BCUT2D eigenvalue weighted by Crippen LogP contribution is 2.37. The van der Waals surface area contributed by atoms with E-state index in [1.807, 2.05) is 0 Å². The molecule has 2 aromatic heterocycles. The summed E-state index contributed by atoms with van der Waals surface area (Å²) in [7, 11) is 0. The van der Waals surface area contributed by atoms with E-state index in [2.05, 4.69) is 38.6 Å². The molecule has 5 rings (SSSR count). The molecular weight excluding hydrogens is 402 g/mol. The summed E-state index contributed by atoms with van der Waals surface area (Å²) in [6.07, 6.45) is 12.6. The number of aryl methyl sites for hydroxylation is 1. The largest absolute Gasteiger partial charge is 0.474 e. The molecule has 7 nitrogen and oxygen atoms in total. The second kappa shape index (κ2) is 9.38. The van der Waals surface area contributed by atoms with Crippen LogP contribution in [0.25, 0.3) is 11.0 Å². The molecule has 1 N–H and O–H groups in total. The molecule has 7 heteroatoms. The maximum Gasteiger partial charge on any atom is 0.234 e. The molecule has 1 amide bonds. The molecule has 2 aliphatic carbocycles. The lowest BCUT2D eigenvalue weighted by Gasteiger charge is -2.31. The fraction of sp³-hybridized carbons (Fsp3) is 0.720. The van der Waals surface area contributed by atoms with E-state index in [-0.39, 0.29) is 12.0 Å². The molecule has 0 unspecified atom stereocenters. The average molecular weight is 440 g/mol. The number of nitrogens with zero attached hydrogens (tertiary/aromatic N) is 4. The van der Waals surface area contributed by atoms with Gasteiger partial charge in [-0.2, -0.15) is 0 Å². The number of nitrogens with one attached hydrogen (secondary N) is 1. The van der Waals surface area contributed by atoms with Crippen LogP contribution in [0.4, 0.5) is 0 Å². The van der Waals surface area contributed by atoms with Crippen molar-refractivity contribution in [1.82, 2.24) is 24.8 Å². The second-order valence-electron chi connectivity index (χ2n) is 10.1. The molecule has 1 aliphatic heterocycles. The molecule has 2 aromatic rings. The first-order valence-electron chi connectivity index (χ1n) is 12.6. The Morgan fingerprint density at radius 3 is 2.53 bits per heavy atom. The molecule has 0 radical (unpaired) electrons. The van der Waals surface area contributed by atoms with E-state index in [0.717, 1.165) is 55.3 Å². The Labute approximate surface area is 190 Å². The molecule has 0 bridgehead atoms. The lowest BCUT2D eigenvalue weighted by atomic mass is 9.95. The van der Waals surface area contributed by atoms with Crippen LogP contribution < -0.4 is 10.1 Å². The Morgan fingerprint density at radius 2 is 1.81 bits per heavy atom. The van der Waals surface area contributed by atoms with Crippen LogP contribution in [0.1, 0.15) is 75.1 Å². The van der Waals surface area contributed by atoms with Crippen molar-refractivity contribution in [2.75, 3.05) is 26.2 Å². The monoisotopic (exact) mass is 439 g/mol. The topological polar surface area (TPSA) is 72.3 Å². The molecule has 32 heavy (non-hydrogen) atoms. The summed E-state index contributed by atoms with van der Waals surface area (Å²) in [6.45, 7) is 7.51. The number of carbonyl (C=O) groups is 1. The van der Waals surface area contributed by atoms with Gasteiger partial charge in [0.05, 0.1) is 11.9 Å². The zero-order chi connectivity index (χ0) is 22.1. The highest BCUT2D eigenvalue weighted by atomic mass is 16.5. The Hall–Kier alpha value is -2.15. The van der Waals surface area contributed by atoms with E-state index < -0.39 is 0 Å². The first-order valence-corrected chi connectivity index (χ1v) is 12.6. The molecular formula is C25H37N5O2. The van der Waals surface area contributed by atoms with Gasteiger partial charge in [0.2, 0.25) is 11.8 Å². The Bertz CT molecular complexity index is 953. The fourth-order valence-electron chi connectivity index (χ4n) is 5.45. The number of carbonyl (C=O) groups excluding carboxylic acids is 1. The molecule has 0 aromatic carbocycles. The van der Waals surface area contributed by atoms with Crippen LogP contribution in [0.2, 0.25) is 0 Å². The van der Waals surface area contributed by atoms with Crippen molar-refractivity contribution in [2.24, 2.45) is 5.92 Å². The summed E-state index contributed by atoms with van der Waals surface area (Å²) < 4.78 is 8.90. The maximum atomic E-state index is 12.2. The first-order chi connectivity index (χ1) is 15.6. The van der Waals surface area contributed by atoms with E-state index in [0.29, 0.717) is 12.6 Å². The van der Waals surface area contributed by atoms with Crippen LogP contribution in [0.15, 0.2) is 6.33 Å². The second-order valence-corrected chi connectivity index (χ2v) is 10.1. The third-order valence-electron chi connectivity index (χ3n) is 7.70. The average Bonchev–Trinajstić information content (AvgIpc) is 3.60. The zero-order valence-corrected chi connectivity index (χ0v) is 19.6. The third-order valence-corrected chi connectivity index (χ3v) is 7.70. The van der Waals surface area contributed by atoms with E-state index in [9.17, 15) is 4.79 Å². The Morgan fingerprint density at radius 1 is 1.06 bits per heavy atom. The van der Waals surface area contributed by atoms with Crippen LogP contribution in [-0.2, 0) is 4.79 Å². The van der Waals surface area contributed by atoms with Crippen molar-refractivity contribution in [3.63, 3.8) is 0 Å². The molecule has 3 fully saturated rings. The number of fused-ring (bicyclic) bond motifs is 1. The van der Waals surface area contributed by atoms with Gasteiger partial charge in [-0.25, -0.2) is 9.97 Å². The molecule has 0 spiro atoms. The van der Waals surface area contributed by atoms with Crippen LogP contribution in [-0.4, -0.2) is 57.6 Å². The van der Waals surface area contributed by atoms with Crippen molar-refractivity contribution in [3.8, 4) is 5.88 Å². The van der Waals surface area contributed by atoms with Crippen molar-refractivity contribution >= 4 is 16.9 Å². The van der Waals surface area contributed by atoms with Gasteiger partial charge in [-0.15, -0.1) is 0 Å². The molecule has 3 aliphatic rings. The number of hydrogen-bond acceptors (Lipinski definition) is 5. The summed E-state index contributed by atoms with van der Waals surface area (Å²) in [6, 6.07) is 0.539. The van der Waals surface area contributed by atoms with Gasteiger partial charge in [0.25, 0.3) is 0 Å². The predicted molar refractivity (Wildman–Crippen MR) is 125 cm³/mol. The van der Waals surface area contributed by atoms with Crippen molar-refractivity contribution < 1.29 is 9.53 Å².